The largest absolute Gasteiger partial charge is 0.508 e. The van der Waals surface area contributed by atoms with Crippen LogP contribution in [0.25, 0.3) is 0 Å². The molecule has 0 unspecified atom stereocenters. The molecule has 0 aliphatic rings. The van der Waals surface area contributed by atoms with Gasteiger partial charge in [-0.25, -0.2) is 0 Å². The molecule has 2 N–H and O–H groups in total. The molecule has 98 valence electrons. The predicted octanol–water partition coefficient (Wildman–Crippen LogP) is 3.06. The highest BCUT2D eigenvalue weighted by Gasteiger charge is 2.10. The molecule has 0 saturated carbocycles. The molecule has 0 spiro atoms. The van der Waals surface area contributed by atoms with Gasteiger partial charge in [0.25, 0.3) is 0 Å². The number of benzene rings is 1. The van der Waals surface area contributed by atoms with Crippen LogP contribution in [-0.2, 0) is 4.79 Å². The molecule has 0 aliphatic heterocycles. The second-order valence-electron chi connectivity index (χ2n) is 4.00. The second-order valence-corrected chi connectivity index (χ2v) is 4.95. The standard InChI is InChI=1S/C14H13NO3S/c16-11-4-1-3-10(9-11)15-14(18)7-6-12(17)13-5-2-8-19-13/h1-5,8-9,16H,6-7H2,(H,15,18). The zero-order valence-electron chi connectivity index (χ0n) is 10.1. The molecule has 5 heteroatoms. The number of hydrogen-bond acceptors (Lipinski definition) is 4. The zero-order chi connectivity index (χ0) is 13.7. The fourth-order valence-electron chi connectivity index (χ4n) is 1.59. The van der Waals surface area contributed by atoms with Crippen LogP contribution in [0.3, 0.4) is 0 Å². The maximum absolute atomic E-state index is 11.7. The van der Waals surface area contributed by atoms with E-state index in [1.807, 2.05) is 11.4 Å². The van der Waals surface area contributed by atoms with Gasteiger partial charge in [-0.05, 0) is 23.6 Å². The molecule has 0 aliphatic carbocycles. The summed E-state index contributed by atoms with van der Waals surface area (Å²) in [6.45, 7) is 0. The van der Waals surface area contributed by atoms with Crippen LogP contribution in [-0.4, -0.2) is 16.8 Å². The molecule has 1 aromatic heterocycles. The van der Waals surface area contributed by atoms with Crippen LogP contribution in [0.1, 0.15) is 22.5 Å². The van der Waals surface area contributed by atoms with E-state index < -0.39 is 0 Å². The molecule has 1 heterocycles. The number of anilines is 1. The van der Waals surface area contributed by atoms with E-state index >= 15 is 0 Å². The molecule has 4 nitrogen and oxygen atoms in total. The number of ketones is 1. The van der Waals surface area contributed by atoms with Crippen LogP contribution >= 0.6 is 11.3 Å². The van der Waals surface area contributed by atoms with Gasteiger partial charge in [0.2, 0.25) is 5.91 Å². The number of phenolic OH excluding ortho intramolecular Hbond substituents is 1. The van der Waals surface area contributed by atoms with Crippen LogP contribution < -0.4 is 5.32 Å². The quantitative estimate of drug-likeness (QED) is 0.824. The zero-order valence-corrected chi connectivity index (χ0v) is 10.9. The summed E-state index contributed by atoms with van der Waals surface area (Å²) < 4.78 is 0. The van der Waals surface area contributed by atoms with Crippen molar-refractivity contribution in [2.75, 3.05) is 5.32 Å². The highest BCUT2D eigenvalue weighted by atomic mass is 32.1. The van der Waals surface area contributed by atoms with Gasteiger partial charge in [-0.15, -0.1) is 11.3 Å². The molecule has 0 fully saturated rings. The fraction of sp³-hybridized carbons (Fsp3) is 0.143. The molecular formula is C14H13NO3S. The number of nitrogens with one attached hydrogen (secondary N) is 1. The maximum atomic E-state index is 11.7. The number of thiophene rings is 1. The fourth-order valence-corrected chi connectivity index (χ4v) is 2.29. The van der Waals surface area contributed by atoms with E-state index in [1.54, 1.807) is 18.2 Å². The lowest BCUT2D eigenvalue weighted by Gasteiger charge is -2.04. The molecule has 0 atom stereocenters. The Kier molecular flexibility index (Phi) is 4.30. The summed E-state index contributed by atoms with van der Waals surface area (Å²) in [6, 6.07) is 9.86. The van der Waals surface area contributed by atoms with Crippen molar-refractivity contribution < 1.29 is 14.7 Å². The van der Waals surface area contributed by atoms with Crippen LogP contribution in [0.5, 0.6) is 5.75 Å². The monoisotopic (exact) mass is 275 g/mol. The third kappa shape index (κ3) is 3.93. The Hall–Kier alpha value is -2.14. The summed E-state index contributed by atoms with van der Waals surface area (Å²) >= 11 is 1.37. The highest BCUT2D eigenvalue weighted by Crippen LogP contribution is 2.16. The number of hydrogen-bond donors (Lipinski definition) is 2. The molecule has 2 aromatic rings. The highest BCUT2D eigenvalue weighted by molar-refractivity contribution is 7.12. The minimum Gasteiger partial charge on any atom is -0.508 e. The Bertz CT molecular complexity index is 578. The van der Waals surface area contributed by atoms with Gasteiger partial charge in [-0.3, -0.25) is 9.59 Å². The molecular weight excluding hydrogens is 262 g/mol. The number of rotatable bonds is 5. The Morgan fingerprint density at radius 3 is 2.68 bits per heavy atom. The first-order chi connectivity index (χ1) is 9.15. The molecule has 19 heavy (non-hydrogen) atoms. The average Bonchev–Trinajstić information content (AvgIpc) is 2.90. The van der Waals surface area contributed by atoms with E-state index in [2.05, 4.69) is 5.32 Å². The second kappa shape index (κ2) is 6.15. The number of aromatic hydroxyl groups is 1. The summed E-state index contributed by atoms with van der Waals surface area (Å²) in [5, 5.41) is 13.7. The molecule has 0 saturated heterocycles. The minimum atomic E-state index is -0.240. The summed E-state index contributed by atoms with van der Waals surface area (Å²) in [7, 11) is 0. The number of carbonyl (C=O) groups is 2. The van der Waals surface area contributed by atoms with Gasteiger partial charge in [0.05, 0.1) is 4.88 Å². The smallest absolute Gasteiger partial charge is 0.224 e. The Morgan fingerprint density at radius 1 is 1.16 bits per heavy atom. The maximum Gasteiger partial charge on any atom is 0.224 e. The third-order valence-corrected chi connectivity index (χ3v) is 3.42. The van der Waals surface area contributed by atoms with E-state index in [4.69, 9.17) is 0 Å². The van der Waals surface area contributed by atoms with Crippen molar-refractivity contribution in [3.63, 3.8) is 0 Å². The van der Waals surface area contributed by atoms with Gasteiger partial charge >= 0.3 is 0 Å². The van der Waals surface area contributed by atoms with Crippen LogP contribution in [0, 0.1) is 0 Å². The summed E-state index contributed by atoms with van der Waals surface area (Å²) in [5.41, 5.74) is 0.522. The first-order valence-corrected chi connectivity index (χ1v) is 6.69. The van der Waals surface area contributed by atoms with Crippen molar-refractivity contribution >= 4 is 28.7 Å². The molecule has 0 radical (unpaired) electrons. The summed E-state index contributed by atoms with van der Waals surface area (Å²) in [5.74, 6) is -0.177. The average molecular weight is 275 g/mol. The number of amides is 1. The van der Waals surface area contributed by atoms with E-state index in [0.29, 0.717) is 10.6 Å². The topological polar surface area (TPSA) is 66.4 Å². The van der Waals surface area contributed by atoms with Crippen molar-refractivity contribution in [3.8, 4) is 5.75 Å². The van der Waals surface area contributed by atoms with E-state index in [1.165, 1.54) is 23.5 Å². The normalized spacial score (nSPS) is 10.1. The number of phenols is 1. The van der Waals surface area contributed by atoms with Gasteiger partial charge in [0.1, 0.15) is 5.75 Å². The van der Waals surface area contributed by atoms with Crippen molar-refractivity contribution in [1.29, 1.82) is 0 Å². The number of carbonyl (C=O) groups excluding carboxylic acids is 2. The Morgan fingerprint density at radius 2 is 2.00 bits per heavy atom. The van der Waals surface area contributed by atoms with Crippen LogP contribution in [0.2, 0.25) is 0 Å². The lowest BCUT2D eigenvalue weighted by molar-refractivity contribution is -0.116. The Labute approximate surface area is 114 Å². The predicted molar refractivity (Wildman–Crippen MR) is 74.6 cm³/mol. The van der Waals surface area contributed by atoms with Crippen molar-refractivity contribution in [2.24, 2.45) is 0 Å². The van der Waals surface area contributed by atoms with Crippen LogP contribution in [0.4, 0.5) is 5.69 Å². The summed E-state index contributed by atoms with van der Waals surface area (Å²) in [6.07, 6.45) is 0.317. The lowest BCUT2D eigenvalue weighted by atomic mass is 10.2. The minimum absolute atomic E-state index is 0.0268. The first-order valence-electron chi connectivity index (χ1n) is 5.81. The van der Waals surface area contributed by atoms with Gasteiger partial charge < -0.3 is 10.4 Å². The first kappa shape index (κ1) is 13.3. The van der Waals surface area contributed by atoms with Gasteiger partial charge in [-0.2, -0.15) is 0 Å². The SMILES string of the molecule is O=C(CCC(=O)c1cccs1)Nc1cccc(O)c1. The summed E-state index contributed by atoms with van der Waals surface area (Å²) in [4.78, 5) is 24.0. The lowest BCUT2D eigenvalue weighted by Crippen LogP contribution is -2.13. The van der Waals surface area contributed by atoms with Gasteiger partial charge in [0.15, 0.2) is 5.78 Å². The van der Waals surface area contributed by atoms with E-state index in [0.717, 1.165) is 0 Å². The van der Waals surface area contributed by atoms with Gasteiger partial charge in [-0.1, -0.05) is 12.1 Å². The Balaban J connectivity index is 1.83. The van der Waals surface area contributed by atoms with Crippen molar-refractivity contribution in [3.05, 3.63) is 46.7 Å². The molecule has 1 aromatic carbocycles. The molecule has 1 amide bonds. The van der Waals surface area contributed by atoms with Crippen molar-refractivity contribution in [1.82, 2.24) is 0 Å². The van der Waals surface area contributed by atoms with E-state index in [9.17, 15) is 14.7 Å². The van der Waals surface area contributed by atoms with Crippen LogP contribution in [0.15, 0.2) is 41.8 Å². The third-order valence-electron chi connectivity index (χ3n) is 2.51. The van der Waals surface area contributed by atoms with Crippen molar-refractivity contribution in [2.45, 2.75) is 12.8 Å². The van der Waals surface area contributed by atoms with Gasteiger partial charge in [0, 0.05) is 24.6 Å². The molecule has 0 bridgehead atoms. The van der Waals surface area contributed by atoms with E-state index in [-0.39, 0.29) is 30.3 Å². The molecule has 2 rings (SSSR count). The number of Topliss-reactive ketones (excluding diaryl/α,β-unsaturated/α-hetero) is 1.